The van der Waals surface area contributed by atoms with Gasteiger partial charge in [-0.15, -0.1) is 11.8 Å². The summed E-state index contributed by atoms with van der Waals surface area (Å²) in [6.07, 6.45) is 0. The largest absolute Gasteiger partial charge is 0.325 e. The molecule has 26 heavy (non-hydrogen) atoms. The summed E-state index contributed by atoms with van der Waals surface area (Å²) < 4.78 is 0. The predicted octanol–water partition coefficient (Wildman–Crippen LogP) is 4.46. The van der Waals surface area contributed by atoms with Crippen molar-refractivity contribution in [2.45, 2.75) is 6.92 Å². The Morgan fingerprint density at radius 1 is 0.769 bits per heavy atom. The first-order chi connectivity index (χ1) is 12.6. The number of amides is 2. The number of hydrogen-bond acceptors (Lipinski definition) is 3. The Morgan fingerprint density at radius 3 is 2.12 bits per heavy atom. The van der Waals surface area contributed by atoms with Gasteiger partial charge in [-0.2, -0.15) is 0 Å². The smallest absolute Gasteiger partial charge is 0.234 e. The van der Waals surface area contributed by atoms with Crippen molar-refractivity contribution < 1.29 is 9.59 Å². The van der Waals surface area contributed by atoms with Crippen molar-refractivity contribution >= 4 is 45.7 Å². The van der Waals surface area contributed by atoms with Gasteiger partial charge in [-0.3, -0.25) is 9.59 Å². The van der Waals surface area contributed by atoms with Gasteiger partial charge in [-0.05, 0) is 47.5 Å². The van der Waals surface area contributed by atoms with Gasteiger partial charge in [0, 0.05) is 11.4 Å². The van der Waals surface area contributed by atoms with E-state index in [2.05, 4.69) is 10.6 Å². The summed E-state index contributed by atoms with van der Waals surface area (Å²) in [6.45, 7) is 1.97. The second-order valence-corrected chi connectivity index (χ2v) is 7.01. The molecule has 3 aromatic carbocycles. The topological polar surface area (TPSA) is 58.2 Å². The summed E-state index contributed by atoms with van der Waals surface area (Å²) in [7, 11) is 0. The van der Waals surface area contributed by atoms with Crippen molar-refractivity contribution in [1.82, 2.24) is 0 Å². The van der Waals surface area contributed by atoms with Gasteiger partial charge >= 0.3 is 0 Å². The Kier molecular flexibility index (Phi) is 5.92. The summed E-state index contributed by atoms with van der Waals surface area (Å²) in [5.41, 5.74) is 2.62. The summed E-state index contributed by atoms with van der Waals surface area (Å²) in [5.74, 6) is 0.236. The van der Waals surface area contributed by atoms with Crippen molar-refractivity contribution in [3.63, 3.8) is 0 Å². The maximum atomic E-state index is 12.1. The van der Waals surface area contributed by atoms with E-state index in [-0.39, 0.29) is 23.3 Å². The minimum atomic E-state index is -0.117. The number of thioether (sulfide) groups is 1. The van der Waals surface area contributed by atoms with E-state index in [4.69, 9.17) is 0 Å². The fourth-order valence-electron chi connectivity index (χ4n) is 2.62. The number of benzene rings is 3. The van der Waals surface area contributed by atoms with Gasteiger partial charge in [0.05, 0.1) is 11.5 Å². The van der Waals surface area contributed by atoms with Crippen LogP contribution in [0.1, 0.15) is 5.56 Å². The van der Waals surface area contributed by atoms with Crippen LogP contribution in [0.15, 0.2) is 66.7 Å². The fourth-order valence-corrected chi connectivity index (χ4v) is 3.24. The standard InChI is InChI=1S/C21H20N2O2S/c1-15-5-4-8-18(11-15)22-20(24)13-26-14-21(25)23-19-10-9-16-6-2-3-7-17(16)12-19/h2-12H,13-14H2,1H3,(H,22,24)(H,23,25). The molecule has 0 fully saturated rings. The number of aryl methyl sites for hydroxylation is 1. The zero-order valence-corrected chi connectivity index (χ0v) is 15.3. The molecule has 0 saturated heterocycles. The lowest BCUT2D eigenvalue weighted by Gasteiger charge is -2.07. The van der Waals surface area contributed by atoms with E-state index in [9.17, 15) is 9.59 Å². The lowest BCUT2D eigenvalue weighted by atomic mass is 10.1. The zero-order chi connectivity index (χ0) is 18.4. The molecule has 3 aromatic rings. The Labute approximate surface area is 157 Å². The highest BCUT2D eigenvalue weighted by Gasteiger charge is 2.07. The normalized spacial score (nSPS) is 10.5. The minimum Gasteiger partial charge on any atom is -0.325 e. The Hall–Kier alpha value is -2.79. The highest BCUT2D eigenvalue weighted by molar-refractivity contribution is 8.00. The molecule has 3 rings (SSSR count). The van der Waals surface area contributed by atoms with E-state index in [0.29, 0.717) is 0 Å². The third-order valence-electron chi connectivity index (χ3n) is 3.80. The van der Waals surface area contributed by atoms with Gasteiger partial charge < -0.3 is 10.6 Å². The molecule has 0 atom stereocenters. The number of carbonyl (C=O) groups excluding carboxylic acids is 2. The first-order valence-corrected chi connectivity index (χ1v) is 9.48. The Balaban J connectivity index is 1.45. The molecule has 4 nitrogen and oxygen atoms in total. The molecule has 2 N–H and O–H groups in total. The molecule has 2 amide bonds. The molecule has 0 aliphatic carbocycles. The summed E-state index contributed by atoms with van der Waals surface area (Å²) in [6, 6.07) is 21.4. The van der Waals surface area contributed by atoms with E-state index in [1.165, 1.54) is 11.8 Å². The van der Waals surface area contributed by atoms with Crippen molar-refractivity contribution in [3.05, 3.63) is 72.3 Å². The van der Waals surface area contributed by atoms with E-state index in [1.807, 2.05) is 73.7 Å². The maximum Gasteiger partial charge on any atom is 0.234 e. The van der Waals surface area contributed by atoms with Crippen LogP contribution < -0.4 is 10.6 Å². The molecule has 0 aliphatic rings. The molecule has 0 bridgehead atoms. The van der Waals surface area contributed by atoms with Crippen LogP contribution in [0.25, 0.3) is 10.8 Å². The van der Waals surface area contributed by atoms with E-state index >= 15 is 0 Å². The van der Waals surface area contributed by atoms with Gasteiger partial charge in [0.15, 0.2) is 0 Å². The van der Waals surface area contributed by atoms with Crippen LogP contribution in [0.5, 0.6) is 0 Å². The number of fused-ring (bicyclic) bond motifs is 1. The average molecular weight is 364 g/mol. The van der Waals surface area contributed by atoms with Gasteiger partial charge in [-0.1, -0.05) is 42.5 Å². The third kappa shape index (κ3) is 5.10. The highest BCUT2D eigenvalue weighted by Crippen LogP contribution is 2.19. The molecule has 0 unspecified atom stereocenters. The first-order valence-electron chi connectivity index (χ1n) is 8.33. The van der Waals surface area contributed by atoms with Crippen LogP contribution >= 0.6 is 11.8 Å². The van der Waals surface area contributed by atoms with Crippen molar-refractivity contribution in [2.24, 2.45) is 0 Å². The van der Waals surface area contributed by atoms with E-state index < -0.39 is 0 Å². The molecular weight excluding hydrogens is 344 g/mol. The number of rotatable bonds is 6. The average Bonchev–Trinajstić information content (AvgIpc) is 2.61. The molecule has 0 heterocycles. The quantitative estimate of drug-likeness (QED) is 0.679. The molecule has 132 valence electrons. The number of nitrogens with one attached hydrogen (secondary N) is 2. The van der Waals surface area contributed by atoms with Crippen LogP contribution in [0.2, 0.25) is 0 Å². The lowest BCUT2D eigenvalue weighted by Crippen LogP contribution is -2.18. The van der Waals surface area contributed by atoms with Crippen molar-refractivity contribution in [2.75, 3.05) is 22.1 Å². The molecular formula is C21H20N2O2S. The van der Waals surface area contributed by atoms with E-state index in [0.717, 1.165) is 27.7 Å². The summed E-state index contributed by atoms with van der Waals surface area (Å²) in [5, 5.41) is 7.92. The number of anilines is 2. The van der Waals surface area contributed by atoms with Gasteiger partial charge in [-0.25, -0.2) is 0 Å². The molecule has 0 spiro atoms. The molecule has 0 radical (unpaired) electrons. The molecule has 0 saturated carbocycles. The number of carbonyl (C=O) groups is 2. The Bertz CT molecular complexity index is 940. The minimum absolute atomic E-state index is 0.112. The lowest BCUT2D eigenvalue weighted by molar-refractivity contribution is -0.114. The SMILES string of the molecule is Cc1cccc(NC(=O)CSCC(=O)Nc2ccc3ccccc3c2)c1. The van der Waals surface area contributed by atoms with E-state index in [1.54, 1.807) is 0 Å². The second-order valence-electron chi connectivity index (χ2n) is 6.02. The third-order valence-corrected chi connectivity index (χ3v) is 4.73. The second kappa shape index (κ2) is 8.54. The van der Waals surface area contributed by atoms with Crippen LogP contribution in [0.4, 0.5) is 11.4 Å². The summed E-state index contributed by atoms with van der Waals surface area (Å²) >= 11 is 1.29. The maximum absolute atomic E-state index is 12.1. The van der Waals surface area contributed by atoms with Gasteiger partial charge in [0.2, 0.25) is 11.8 Å². The monoisotopic (exact) mass is 364 g/mol. The van der Waals surface area contributed by atoms with Crippen molar-refractivity contribution in [1.29, 1.82) is 0 Å². The zero-order valence-electron chi connectivity index (χ0n) is 14.5. The highest BCUT2D eigenvalue weighted by atomic mass is 32.2. The summed E-state index contributed by atoms with van der Waals surface area (Å²) in [4.78, 5) is 24.0. The predicted molar refractivity (Wildman–Crippen MR) is 110 cm³/mol. The van der Waals surface area contributed by atoms with Gasteiger partial charge in [0.25, 0.3) is 0 Å². The van der Waals surface area contributed by atoms with Gasteiger partial charge in [0.1, 0.15) is 0 Å². The van der Waals surface area contributed by atoms with Crippen LogP contribution in [-0.2, 0) is 9.59 Å². The molecule has 0 aromatic heterocycles. The first kappa shape index (κ1) is 18.0. The van der Waals surface area contributed by atoms with Crippen LogP contribution in [-0.4, -0.2) is 23.3 Å². The van der Waals surface area contributed by atoms with Crippen LogP contribution in [0, 0.1) is 6.92 Å². The van der Waals surface area contributed by atoms with Crippen molar-refractivity contribution in [3.8, 4) is 0 Å². The molecule has 0 aliphatic heterocycles. The Morgan fingerprint density at radius 2 is 1.42 bits per heavy atom. The molecule has 5 heteroatoms. The van der Waals surface area contributed by atoms with Crippen LogP contribution in [0.3, 0.4) is 0 Å². The fraction of sp³-hybridized carbons (Fsp3) is 0.143. The number of hydrogen-bond donors (Lipinski definition) is 2.